The predicted molar refractivity (Wildman–Crippen MR) is 261 cm³/mol. The van der Waals surface area contributed by atoms with Gasteiger partial charge in [0.15, 0.2) is 11.6 Å². The molecule has 9 aromatic carbocycles. The lowest BCUT2D eigenvalue weighted by atomic mass is 9.96. The van der Waals surface area contributed by atoms with Gasteiger partial charge in [0.05, 0.1) is 5.52 Å². The summed E-state index contributed by atoms with van der Waals surface area (Å²) in [5, 5.41) is 6.75. The molecular formula is C57H33ClN4O2. The summed E-state index contributed by atoms with van der Waals surface area (Å²) in [7, 11) is 0. The maximum Gasteiger partial charge on any atom is 0.226 e. The zero-order chi connectivity index (χ0) is 42.3. The van der Waals surface area contributed by atoms with E-state index in [0.717, 1.165) is 93.9 Å². The maximum absolute atomic E-state index is 6.56. The Labute approximate surface area is 371 Å². The summed E-state index contributed by atoms with van der Waals surface area (Å²) in [6.07, 6.45) is 0. The summed E-state index contributed by atoms with van der Waals surface area (Å²) in [5.74, 6) is 0.962. The number of fused-ring (bicyclic) bond motifs is 9. The molecule has 0 atom stereocenters. The second-order valence-electron chi connectivity index (χ2n) is 16.2. The first-order valence-electron chi connectivity index (χ1n) is 21.2. The van der Waals surface area contributed by atoms with Gasteiger partial charge in [-0.1, -0.05) is 127 Å². The van der Waals surface area contributed by atoms with Crippen LogP contribution in [0, 0.1) is 0 Å². The number of nitrogens with one attached hydrogen (secondary N) is 1. The first-order chi connectivity index (χ1) is 31.6. The van der Waals surface area contributed by atoms with Crippen molar-refractivity contribution in [2.45, 2.75) is 0 Å². The number of furan rings is 2. The molecule has 0 spiro atoms. The Morgan fingerprint density at radius 2 is 0.844 bits per heavy atom. The predicted octanol–water partition coefficient (Wildman–Crippen LogP) is 16.0. The van der Waals surface area contributed by atoms with E-state index in [-0.39, 0.29) is 5.28 Å². The molecule has 13 rings (SSSR count). The van der Waals surface area contributed by atoms with Crippen molar-refractivity contribution in [3.8, 4) is 67.3 Å². The van der Waals surface area contributed by atoms with Crippen LogP contribution in [0.25, 0.3) is 133 Å². The van der Waals surface area contributed by atoms with Crippen LogP contribution in [0.4, 0.5) is 0 Å². The first-order valence-corrected chi connectivity index (χ1v) is 21.6. The molecule has 1 N–H and O–H groups in total. The molecule has 0 bridgehead atoms. The number of rotatable bonds is 6. The lowest BCUT2D eigenvalue weighted by molar-refractivity contribution is 0.668. The highest BCUT2D eigenvalue weighted by atomic mass is 35.5. The number of benzene rings is 9. The van der Waals surface area contributed by atoms with Gasteiger partial charge >= 0.3 is 0 Å². The molecule has 0 radical (unpaired) electrons. The minimum atomic E-state index is 0.121. The lowest BCUT2D eigenvalue weighted by Crippen LogP contribution is -1.97. The Morgan fingerprint density at radius 1 is 0.328 bits per heavy atom. The molecule has 0 aliphatic heterocycles. The molecule has 4 heterocycles. The second kappa shape index (κ2) is 14.4. The zero-order valence-corrected chi connectivity index (χ0v) is 34.8. The molecular weight excluding hydrogens is 808 g/mol. The van der Waals surface area contributed by atoms with Crippen molar-refractivity contribution >= 4 is 77.3 Å². The zero-order valence-electron chi connectivity index (χ0n) is 34.0. The minimum Gasteiger partial charge on any atom is -0.456 e. The Hall–Kier alpha value is -8.32. The summed E-state index contributed by atoms with van der Waals surface area (Å²) in [6.45, 7) is 0. The van der Waals surface area contributed by atoms with Crippen molar-refractivity contribution in [1.82, 2.24) is 19.9 Å². The largest absolute Gasteiger partial charge is 0.456 e. The fourth-order valence-electron chi connectivity index (χ4n) is 9.29. The van der Waals surface area contributed by atoms with Crippen LogP contribution in [-0.4, -0.2) is 19.9 Å². The molecule has 0 aliphatic carbocycles. The van der Waals surface area contributed by atoms with Crippen molar-refractivity contribution in [2.24, 2.45) is 0 Å². The van der Waals surface area contributed by atoms with Gasteiger partial charge in [-0.05, 0) is 117 Å². The van der Waals surface area contributed by atoms with Gasteiger partial charge in [-0.3, -0.25) is 0 Å². The monoisotopic (exact) mass is 840 g/mol. The molecule has 64 heavy (non-hydrogen) atoms. The molecule has 0 fully saturated rings. The summed E-state index contributed by atoms with van der Waals surface area (Å²) in [4.78, 5) is 17.7. The Kier molecular flexibility index (Phi) is 8.17. The highest BCUT2D eigenvalue weighted by Gasteiger charge is 2.16. The summed E-state index contributed by atoms with van der Waals surface area (Å²) >= 11 is 6.56. The van der Waals surface area contributed by atoms with Crippen LogP contribution in [0.2, 0.25) is 5.28 Å². The lowest BCUT2D eigenvalue weighted by Gasteiger charge is -2.08. The van der Waals surface area contributed by atoms with Crippen LogP contribution in [0.3, 0.4) is 0 Å². The molecule has 0 aliphatic rings. The van der Waals surface area contributed by atoms with Crippen molar-refractivity contribution in [1.29, 1.82) is 0 Å². The van der Waals surface area contributed by atoms with Gasteiger partial charge in [0.25, 0.3) is 0 Å². The van der Waals surface area contributed by atoms with Crippen LogP contribution in [0.1, 0.15) is 0 Å². The van der Waals surface area contributed by atoms with Gasteiger partial charge in [-0.15, -0.1) is 0 Å². The third kappa shape index (κ3) is 6.07. The maximum atomic E-state index is 6.56. The van der Waals surface area contributed by atoms with Gasteiger partial charge < -0.3 is 13.8 Å². The molecule has 13 aromatic rings. The average Bonchev–Trinajstić information content (AvgIpc) is 4.04. The van der Waals surface area contributed by atoms with Crippen molar-refractivity contribution < 1.29 is 8.83 Å². The average molecular weight is 841 g/mol. The van der Waals surface area contributed by atoms with E-state index in [9.17, 15) is 0 Å². The Bertz CT molecular complexity index is 4000. The van der Waals surface area contributed by atoms with Crippen molar-refractivity contribution in [2.75, 3.05) is 0 Å². The number of aromatic nitrogens is 4. The number of hydrogen-bond donors (Lipinski definition) is 1. The number of nitrogens with zero attached hydrogens (tertiary/aromatic N) is 3. The Balaban J connectivity index is 0.836. The van der Waals surface area contributed by atoms with Gasteiger partial charge in [-0.2, -0.15) is 9.97 Å². The SMILES string of the molecule is Clc1nc(-c2cccc(-c3ccc4oc5ccc(-c6cccc(-c7cccc8c7[nH]c7ccc(-c9ccccc9)cc78)c6)cc5c4c3)c2)nc(-c2ccc3c(c2)oc2ccccc23)n1. The molecule has 0 amide bonds. The van der Waals surface area contributed by atoms with Gasteiger partial charge in [0.2, 0.25) is 5.28 Å². The third-order valence-corrected chi connectivity index (χ3v) is 12.6. The number of para-hydroxylation sites is 2. The van der Waals surface area contributed by atoms with E-state index in [1.807, 2.05) is 54.6 Å². The van der Waals surface area contributed by atoms with E-state index in [2.05, 4.69) is 154 Å². The number of halogens is 1. The van der Waals surface area contributed by atoms with E-state index in [4.69, 9.17) is 25.4 Å². The first kappa shape index (κ1) is 36.3. The van der Waals surface area contributed by atoms with Crippen LogP contribution < -0.4 is 0 Å². The molecule has 300 valence electrons. The van der Waals surface area contributed by atoms with E-state index >= 15 is 0 Å². The Morgan fingerprint density at radius 3 is 1.62 bits per heavy atom. The third-order valence-electron chi connectivity index (χ3n) is 12.4. The highest BCUT2D eigenvalue weighted by Crippen LogP contribution is 2.40. The standard InChI is InChI=1S/C57H33ClN4O2/c58-57-61-55(60-56(62-57)41-19-23-44-43-15-4-5-18-50(43)64-53(44)32-41)40-14-7-12-35(28-40)38-22-26-52-48(31-38)47-30-37(21-25-51(47)63-52)34-11-6-13-39(27-34)42-16-8-17-45-46-29-36(33-9-2-1-3-10-33)20-24-49(46)59-54(42)45/h1-32,59H. The van der Waals surface area contributed by atoms with E-state index in [1.54, 1.807) is 0 Å². The molecule has 4 aromatic heterocycles. The topological polar surface area (TPSA) is 80.7 Å². The van der Waals surface area contributed by atoms with Crippen LogP contribution in [-0.2, 0) is 0 Å². The van der Waals surface area contributed by atoms with E-state index in [0.29, 0.717) is 11.6 Å². The fourth-order valence-corrected chi connectivity index (χ4v) is 9.45. The van der Waals surface area contributed by atoms with Crippen molar-refractivity contribution in [3.63, 3.8) is 0 Å². The summed E-state index contributed by atoms with van der Waals surface area (Å²) in [6, 6.07) is 67.6. The van der Waals surface area contributed by atoms with E-state index < -0.39 is 0 Å². The van der Waals surface area contributed by atoms with Crippen LogP contribution in [0.15, 0.2) is 203 Å². The van der Waals surface area contributed by atoms with Gasteiger partial charge in [0, 0.05) is 54.5 Å². The normalized spacial score (nSPS) is 11.8. The van der Waals surface area contributed by atoms with Crippen LogP contribution >= 0.6 is 11.6 Å². The molecule has 6 nitrogen and oxygen atoms in total. The fraction of sp³-hybridized carbons (Fsp3) is 0. The number of hydrogen-bond acceptors (Lipinski definition) is 5. The molecule has 0 saturated carbocycles. The minimum absolute atomic E-state index is 0.121. The van der Waals surface area contributed by atoms with Crippen LogP contribution in [0.5, 0.6) is 0 Å². The summed E-state index contributed by atoms with van der Waals surface area (Å²) in [5.41, 5.74) is 16.2. The number of aromatic amines is 1. The quantitative estimate of drug-likeness (QED) is 0.180. The number of H-pyrrole nitrogens is 1. The smallest absolute Gasteiger partial charge is 0.226 e. The molecule has 0 saturated heterocycles. The second-order valence-corrected chi connectivity index (χ2v) is 16.6. The van der Waals surface area contributed by atoms with Crippen molar-refractivity contribution in [3.05, 3.63) is 199 Å². The summed E-state index contributed by atoms with van der Waals surface area (Å²) < 4.78 is 12.5. The highest BCUT2D eigenvalue weighted by molar-refractivity contribution is 6.28. The van der Waals surface area contributed by atoms with Gasteiger partial charge in [0.1, 0.15) is 22.3 Å². The molecule has 0 unspecified atom stereocenters. The molecule has 7 heteroatoms. The van der Waals surface area contributed by atoms with Gasteiger partial charge in [-0.25, -0.2) is 4.98 Å². The van der Waals surface area contributed by atoms with E-state index in [1.165, 1.54) is 27.5 Å².